The van der Waals surface area contributed by atoms with E-state index in [1.54, 1.807) is 0 Å². The van der Waals surface area contributed by atoms with Crippen molar-refractivity contribution in [1.29, 1.82) is 0 Å². The number of fused-ring (bicyclic) bond motifs is 1. The maximum absolute atomic E-state index is 11.1. The van der Waals surface area contributed by atoms with Crippen LogP contribution in [0.1, 0.15) is 24.6 Å². The van der Waals surface area contributed by atoms with Crippen LogP contribution < -0.4 is 0 Å². The molecule has 0 N–H and O–H groups in total. The van der Waals surface area contributed by atoms with E-state index < -0.39 is 0 Å². The van der Waals surface area contributed by atoms with Crippen LogP contribution in [-0.2, 0) is 24.2 Å². The fraction of sp³-hybridized carbons (Fsp3) is 0.556. The number of aromatic nitrogens is 2. The van der Waals surface area contributed by atoms with Crippen LogP contribution in [0, 0.1) is 0 Å². The maximum atomic E-state index is 11.1. The number of aryl methyl sites for hydroxylation is 2. The summed E-state index contributed by atoms with van der Waals surface area (Å²) in [6.07, 6.45) is 4.09. The second kappa shape index (κ2) is 2.73. The minimum atomic E-state index is 0.346. The Morgan fingerprint density at radius 1 is 1.58 bits per heavy atom. The summed E-state index contributed by atoms with van der Waals surface area (Å²) in [7, 11) is 0. The lowest BCUT2D eigenvalue weighted by Gasteiger charge is -2.06. The zero-order chi connectivity index (χ0) is 8.55. The molecule has 0 amide bonds. The quantitative estimate of drug-likeness (QED) is 0.619. The van der Waals surface area contributed by atoms with Gasteiger partial charge in [0.1, 0.15) is 5.78 Å². The summed E-state index contributed by atoms with van der Waals surface area (Å²) in [6.45, 7) is 2.95. The van der Waals surface area contributed by atoms with E-state index in [-0.39, 0.29) is 0 Å². The SMILES string of the molecule is CCn1cc2c(n1)CCC(=O)C2. The zero-order valence-corrected chi connectivity index (χ0v) is 7.21. The largest absolute Gasteiger partial charge is 0.299 e. The molecule has 0 aromatic carbocycles. The van der Waals surface area contributed by atoms with Crippen LogP contribution in [0.15, 0.2) is 6.20 Å². The fourth-order valence-electron chi connectivity index (χ4n) is 1.58. The highest BCUT2D eigenvalue weighted by molar-refractivity contribution is 5.82. The van der Waals surface area contributed by atoms with Gasteiger partial charge in [-0.2, -0.15) is 5.10 Å². The lowest BCUT2D eigenvalue weighted by Crippen LogP contribution is -2.11. The third kappa shape index (κ3) is 1.15. The van der Waals surface area contributed by atoms with Crippen molar-refractivity contribution >= 4 is 5.78 Å². The fourth-order valence-corrected chi connectivity index (χ4v) is 1.58. The second-order valence-corrected chi connectivity index (χ2v) is 3.17. The van der Waals surface area contributed by atoms with Crippen LogP contribution in [0.2, 0.25) is 0 Å². The van der Waals surface area contributed by atoms with Crippen molar-refractivity contribution in [3.05, 3.63) is 17.5 Å². The predicted molar refractivity (Wildman–Crippen MR) is 44.9 cm³/mol. The van der Waals surface area contributed by atoms with Crippen LogP contribution in [0.25, 0.3) is 0 Å². The molecular weight excluding hydrogens is 152 g/mol. The van der Waals surface area contributed by atoms with Gasteiger partial charge in [0.2, 0.25) is 0 Å². The standard InChI is InChI=1S/C9H12N2O/c1-2-11-6-7-5-8(12)3-4-9(7)10-11/h6H,2-5H2,1H3. The highest BCUT2D eigenvalue weighted by atomic mass is 16.1. The summed E-state index contributed by atoms with van der Waals surface area (Å²) in [5.41, 5.74) is 2.25. The molecule has 0 radical (unpaired) electrons. The molecule has 2 rings (SSSR count). The number of carbonyl (C=O) groups excluding carboxylic acids is 1. The molecule has 64 valence electrons. The molecule has 1 heterocycles. The first-order valence-corrected chi connectivity index (χ1v) is 4.36. The Hall–Kier alpha value is -1.12. The van der Waals surface area contributed by atoms with E-state index in [4.69, 9.17) is 0 Å². The molecule has 0 bridgehead atoms. The number of hydrogen-bond donors (Lipinski definition) is 0. The van der Waals surface area contributed by atoms with Gasteiger partial charge in [0, 0.05) is 31.1 Å². The molecule has 0 unspecified atom stereocenters. The van der Waals surface area contributed by atoms with Crippen molar-refractivity contribution < 1.29 is 4.79 Å². The average Bonchev–Trinajstić information content (AvgIpc) is 2.46. The highest BCUT2D eigenvalue weighted by Gasteiger charge is 2.18. The second-order valence-electron chi connectivity index (χ2n) is 3.17. The van der Waals surface area contributed by atoms with E-state index in [0.717, 1.165) is 24.2 Å². The van der Waals surface area contributed by atoms with E-state index in [1.807, 2.05) is 10.9 Å². The van der Waals surface area contributed by atoms with E-state index in [0.29, 0.717) is 18.6 Å². The maximum Gasteiger partial charge on any atom is 0.137 e. The Labute approximate surface area is 71.4 Å². The average molecular weight is 164 g/mol. The molecule has 0 spiro atoms. The van der Waals surface area contributed by atoms with E-state index in [9.17, 15) is 4.79 Å². The molecule has 3 nitrogen and oxygen atoms in total. The van der Waals surface area contributed by atoms with Crippen LogP contribution in [0.5, 0.6) is 0 Å². The summed E-state index contributed by atoms with van der Waals surface area (Å²) in [5, 5.41) is 4.37. The van der Waals surface area contributed by atoms with Crippen molar-refractivity contribution in [2.24, 2.45) is 0 Å². The molecule has 3 heteroatoms. The lowest BCUT2D eigenvalue weighted by atomic mass is 9.97. The molecule has 0 saturated carbocycles. The first kappa shape index (κ1) is 7.53. The molecule has 1 aromatic heterocycles. The number of nitrogens with zero attached hydrogens (tertiary/aromatic N) is 2. The van der Waals surface area contributed by atoms with Crippen LogP contribution in [0.3, 0.4) is 0 Å². The van der Waals surface area contributed by atoms with E-state index in [1.165, 1.54) is 0 Å². The molecule has 0 atom stereocenters. The Morgan fingerprint density at radius 3 is 3.17 bits per heavy atom. The van der Waals surface area contributed by atoms with Gasteiger partial charge in [-0.1, -0.05) is 0 Å². The molecule has 12 heavy (non-hydrogen) atoms. The van der Waals surface area contributed by atoms with Gasteiger partial charge >= 0.3 is 0 Å². The van der Waals surface area contributed by atoms with Crippen molar-refractivity contribution in [3.8, 4) is 0 Å². The third-order valence-electron chi connectivity index (χ3n) is 2.28. The van der Waals surface area contributed by atoms with Gasteiger partial charge < -0.3 is 0 Å². The van der Waals surface area contributed by atoms with E-state index >= 15 is 0 Å². The van der Waals surface area contributed by atoms with Crippen LogP contribution >= 0.6 is 0 Å². The Balaban J connectivity index is 2.34. The lowest BCUT2D eigenvalue weighted by molar-refractivity contribution is -0.118. The smallest absolute Gasteiger partial charge is 0.137 e. The van der Waals surface area contributed by atoms with Crippen molar-refractivity contribution in [2.75, 3.05) is 0 Å². The summed E-state index contributed by atoms with van der Waals surface area (Å²) in [5.74, 6) is 0.346. The van der Waals surface area contributed by atoms with Crippen molar-refractivity contribution in [3.63, 3.8) is 0 Å². The molecule has 1 aliphatic rings. The molecule has 0 fully saturated rings. The Bertz CT molecular complexity index is 314. The van der Waals surface area contributed by atoms with E-state index in [2.05, 4.69) is 12.0 Å². The first-order chi connectivity index (χ1) is 5.79. The minimum absolute atomic E-state index is 0.346. The third-order valence-corrected chi connectivity index (χ3v) is 2.28. The Kier molecular flexibility index (Phi) is 1.71. The number of carbonyl (C=O) groups is 1. The first-order valence-electron chi connectivity index (χ1n) is 4.36. The number of Topliss-reactive ketones (excluding diaryl/α,β-unsaturated/α-hetero) is 1. The predicted octanol–water partition coefficient (Wildman–Crippen LogP) is 0.961. The summed E-state index contributed by atoms with van der Waals surface area (Å²) in [4.78, 5) is 11.1. The molecule has 0 saturated heterocycles. The normalized spacial score (nSPS) is 16.2. The molecular formula is C9H12N2O. The van der Waals surface area contributed by atoms with Gasteiger partial charge in [-0.25, -0.2) is 0 Å². The molecule has 1 aliphatic carbocycles. The zero-order valence-electron chi connectivity index (χ0n) is 7.21. The number of hydrogen-bond acceptors (Lipinski definition) is 2. The van der Waals surface area contributed by atoms with Gasteiger partial charge in [-0.3, -0.25) is 9.48 Å². The number of ketones is 1. The van der Waals surface area contributed by atoms with Crippen LogP contribution in [0.4, 0.5) is 0 Å². The van der Waals surface area contributed by atoms with Crippen molar-refractivity contribution in [1.82, 2.24) is 9.78 Å². The monoisotopic (exact) mass is 164 g/mol. The Morgan fingerprint density at radius 2 is 2.42 bits per heavy atom. The van der Waals surface area contributed by atoms with Gasteiger partial charge in [0.25, 0.3) is 0 Å². The number of rotatable bonds is 1. The summed E-state index contributed by atoms with van der Waals surface area (Å²) in [6, 6.07) is 0. The van der Waals surface area contributed by atoms with Gasteiger partial charge in [-0.05, 0) is 13.3 Å². The minimum Gasteiger partial charge on any atom is -0.299 e. The summed E-state index contributed by atoms with van der Waals surface area (Å²) < 4.78 is 1.91. The highest BCUT2D eigenvalue weighted by Crippen LogP contribution is 2.16. The summed E-state index contributed by atoms with van der Waals surface area (Å²) >= 11 is 0. The molecule has 1 aromatic rings. The van der Waals surface area contributed by atoms with Crippen LogP contribution in [-0.4, -0.2) is 15.6 Å². The topological polar surface area (TPSA) is 34.9 Å². The van der Waals surface area contributed by atoms with Crippen molar-refractivity contribution in [2.45, 2.75) is 32.7 Å². The van der Waals surface area contributed by atoms with Gasteiger partial charge in [0.05, 0.1) is 5.69 Å². The van der Waals surface area contributed by atoms with Gasteiger partial charge in [-0.15, -0.1) is 0 Å². The van der Waals surface area contributed by atoms with Gasteiger partial charge in [0.15, 0.2) is 0 Å². The molecule has 0 aliphatic heterocycles.